The minimum absolute atomic E-state index is 0.000384. The molecule has 0 atom stereocenters. The first kappa shape index (κ1) is 23.2. The molecule has 11 heteroatoms. The molecule has 0 unspecified atom stereocenters. The number of nitrogens with zero attached hydrogens (tertiary/aromatic N) is 2. The van der Waals surface area contributed by atoms with E-state index in [1.165, 1.54) is 43.4 Å². The van der Waals surface area contributed by atoms with E-state index in [-0.39, 0.29) is 23.8 Å². The molecule has 30 heavy (non-hydrogen) atoms. The monoisotopic (exact) mass is 441 g/mol. The average molecular weight is 441 g/mol. The number of amides is 1. The molecular formula is C19H18F3N3O4S. The van der Waals surface area contributed by atoms with Crippen molar-refractivity contribution in [2.24, 2.45) is 0 Å². The van der Waals surface area contributed by atoms with Gasteiger partial charge in [0.25, 0.3) is 0 Å². The molecule has 0 bridgehead atoms. The van der Waals surface area contributed by atoms with E-state index in [1.54, 1.807) is 0 Å². The molecule has 0 aliphatic heterocycles. The fourth-order valence-corrected chi connectivity index (χ4v) is 3.47. The number of carbonyl (C=O) groups is 1. The average Bonchev–Trinajstić information content (AvgIpc) is 2.70. The zero-order valence-electron chi connectivity index (χ0n) is 15.8. The number of hydrogen-bond donors (Lipinski definition) is 1. The molecular weight excluding hydrogens is 423 g/mol. The zero-order chi connectivity index (χ0) is 22.4. The van der Waals surface area contributed by atoms with Crippen molar-refractivity contribution < 1.29 is 31.1 Å². The van der Waals surface area contributed by atoms with E-state index in [9.17, 15) is 26.4 Å². The van der Waals surface area contributed by atoms with E-state index in [4.69, 9.17) is 10.00 Å². The standard InChI is InChI=1S/C19H18F3N3O4S/c1-25(30(27,28)17-7-5-14(12-23)6-8-17)13-18(26)24-9-10-29-16-4-2-3-15(11-16)19(20,21)22/h2-8,11H,9-10,13H2,1H3,(H,24,26). The third-order valence-electron chi connectivity index (χ3n) is 3.91. The third-order valence-corrected chi connectivity index (χ3v) is 5.73. The number of sulfonamides is 1. The highest BCUT2D eigenvalue weighted by molar-refractivity contribution is 7.89. The van der Waals surface area contributed by atoms with E-state index in [2.05, 4.69) is 5.32 Å². The van der Waals surface area contributed by atoms with Crippen molar-refractivity contribution in [3.63, 3.8) is 0 Å². The second-order valence-electron chi connectivity index (χ2n) is 6.12. The van der Waals surface area contributed by atoms with Crippen LogP contribution in [0, 0.1) is 11.3 Å². The van der Waals surface area contributed by atoms with Crippen LogP contribution >= 0.6 is 0 Å². The van der Waals surface area contributed by atoms with Gasteiger partial charge in [-0.15, -0.1) is 0 Å². The predicted molar refractivity (Wildman–Crippen MR) is 101 cm³/mol. The van der Waals surface area contributed by atoms with Gasteiger partial charge in [-0.2, -0.15) is 22.7 Å². The van der Waals surface area contributed by atoms with Crippen LogP contribution in [0.1, 0.15) is 11.1 Å². The van der Waals surface area contributed by atoms with Crippen molar-refractivity contribution in [2.75, 3.05) is 26.7 Å². The van der Waals surface area contributed by atoms with Crippen LogP contribution in [0.15, 0.2) is 53.4 Å². The van der Waals surface area contributed by atoms with Gasteiger partial charge in [-0.1, -0.05) is 6.07 Å². The highest BCUT2D eigenvalue weighted by Gasteiger charge is 2.30. The van der Waals surface area contributed by atoms with Gasteiger partial charge in [0, 0.05) is 7.05 Å². The smallest absolute Gasteiger partial charge is 0.416 e. The van der Waals surface area contributed by atoms with Gasteiger partial charge in [0.15, 0.2) is 0 Å². The Kier molecular flexibility index (Phi) is 7.42. The molecule has 1 N–H and O–H groups in total. The molecule has 1 amide bonds. The van der Waals surface area contributed by atoms with Crippen LogP contribution in [0.5, 0.6) is 5.75 Å². The Morgan fingerprint density at radius 2 is 1.87 bits per heavy atom. The molecule has 0 saturated heterocycles. The van der Waals surface area contributed by atoms with Gasteiger partial charge in [0.2, 0.25) is 15.9 Å². The van der Waals surface area contributed by atoms with Gasteiger partial charge in [-0.05, 0) is 42.5 Å². The number of hydrogen-bond acceptors (Lipinski definition) is 5. The van der Waals surface area contributed by atoms with Crippen LogP contribution in [-0.2, 0) is 21.0 Å². The normalized spacial score (nSPS) is 11.7. The summed E-state index contributed by atoms with van der Waals surface area (Å²) in [6.45, 7) is -0.592. The largest absolute Gasteiger partial charge is 0.492 e. The quantitative estimate of drug-likeness (QED) is 0.635. The third kappa shape index (κ3) is 6.20. The number of rotatable bonds is 8. The van der Waals surface area contributed by atoms with E-state index in [0.717, 1.165) is 16.4 Å². The molecule has 0 saturated carbocycles. The number of likely N-dealkylation sites (N-methyl/N-ethyl adjacent to an activating group) is 1. The molecule has 0 aliphatic carbocycles. The molecule has 160 valence electrons. The number of nitriles is 1. The summed E-state index contributed by atoms with van der Waals surface area (Å²) in [6.07, 6.45) is -4.49. The van der Waals surface area contributed by atoms with Gasteiger partial charge in [-0.3, -0.25) is 4.79 Å². The zero-order valence-corrected chi connectivity index (χ0v) is 16.6. The fraction of sp³-hybridized carbons (Fsp3) is 0.263. The number of halogens is 3. The lowest BCUT2D eigenvalue weighted by Crippen LogP contribution is -2.39. The summed E-state index contributed by atoms with van der Waals surface area (Å²) >= 11 is 0. The summed E-state index contributed by atoms with van der Waals surface area (Å²) in [7, 11) is -2.70. The van der Waals surface area contributed by atoms with Gasteiger partial charge in [0.1, 0.15) is 12.4 Å². The molecule has 0 aliphatic rings. The first-order valence-electron chi connectivity index (χ1n) is 8.57. The highest BCUT2D eigenvalue weighted by atomic mass is 32.2. The van der Waals surface area contributed by atoms with Crippen LogP contribution in [0.2, 0.25) is 0 Å². The Morgan fingerprint density at radius 1 is 1.20 bits per heavy atom. The van der Waals surface area contributed by atoms with Crippen LogP contribution in [0.3, 0.4) is 0 Å². The number of nitrogens with one attached hydrogen (secondary N) is 1. The minimum atomic E-state index is -4.49. The predicted octanol–water partition coefficient (Wildman–Crippen LogP) is 2.39. The molecule has 0 spiro atoms. The maximum absolute atomic E-state index is 12.7. The summed E-state index contributed by atoms with van der Waals surface area (Å²) in [5.74, 6) is -0.609. The maximum Gasteiger partial charge on any atom is 0.416 e. The molecule has 2 rings (SSSR count). The molecule has 7 nitrogen and oxygen atoms in total. The Morgan fingerprint density at radius 3 is 2.47 bits per heavy atom. The van der Waals surface area contributed by atoms with E-state index in [1.807, 2.05) is 6.07 Å². The fourth-order valence-electron chi connectivity index (χ4n) is 2.35. The van der Waals surface area contributed by atoms with Gasteiger partial charge >= 0.3 is 6.18 Å². The Bertz CT molecular complexity index is 1030. The van der Waals surface area contributed by atoms with Gasteiger partial charge < -0.3 is 10.1 Å². The van der Waals surface area contributed by atoms with Gasteiger partial charge in [0.05, 0.1) is 35.2 Å². The number of alkyl halides is 3. The summed E-state index contributed by atoms with van der Waals surface area (Å²) < 4.78 is 68.9. The number of carbonyl (C=O) groups excluding carboxylic acids is 1. The lowest BCUT2D eigenvalue weighted by atomic mass is 10.2. The minimum Gasteiger partial charge on any atom is -0.492 e. The van der Waals surface area contributed by atoms with Crippen molar-refractivity contribution in [1.82, 2.24) is 9.62 Å². The SMILES string of the molecule is CN(CC(=O)NCCOc1cccc(C(F)(F)F)c1)S(=O)(=O)c1ccc(C#N)cc1. The van der Waals surface area contributed by atoms with E-state index >= 15 is 0 Å². The molecule has 2 aromatic rings. The molecule has 2 aromatic carbocycles. The Hall–Kier alpha value is -3.10. The van der Waals surface area contributed by atoms with Crippen LogP contribution in [0.25, 0.3) is 0 Å². The van der Waals surface area contributed by atoms with Crippen molar-refractivity contribution in [3.05, 3.63) is 59.7 Å². The van der Waals surface area contributed by atoms with E-state index < -0.39 is 34.2 Å². The maximum atomic E-state index is 12.7. The number of benzene rings is 2. The second kappa shape index (κ2) is 9.60. The highest BCUT2D eigenvalue weighted by Crippen LogP contribution is 2.31. The lowest BCUT2D eigenvalue weighted by molar-refractivity contribution is -0.137. The summed E-state index contributed by atoms with van der Waals surface area (Å²) in [6, 6.07) is 11.4. The summed E-state index contributed by atoms with van der Waals surface area (Å²) in [5, 5.41) is 11.2. The van der Waals surface area contributed by atoms with Crippen molar-refractivity contribution >= 4 is 15.9 Å². The molecule has 0 heterocycles. The molecule has 0 fully saturated rings. The Labute approximate surface area is 171 Å². The van der Waals surface area contributed by atoms with Crippen LogP contribution < -0.4 is 10.1 Å². The van der Waals surface area contributed by atoms with E-state index in [0.29, 0.717) is 5.56 Å². The molecule has 0 aromatic heterocycles. The summed E-state index contributed by atoms with van der Waals surface area (Å²) in [5.41, 5.74) is -0.547. The van der Waals surface area contributed by atoms with Crippen LogP contribution in [-0.4, -0.2) is 45.4 Å². The summed E-state index contributed by atoms with van der Waals surface area (Å²) in [4.78, 5) is 11.9. The lowest BCUT2D eigenvalue weighted by Gasteiger charge is -2.17. The molecule has 0 radical (unpaired) electrons. The van der Waals surface area contributed by atoms with Crippen LogP contribution in [0.4, 0.5) is 13.2 Å². The first-order valence-corrected chi connectivity index (χ1v) is 10.0. The Balaban J connectivity index is 1.83. The topological polar surface area (TPSA) is 99.5 Å². The van der Waals surface area contributed by atoms with Crippen molar-refractivity contribution in [2.45, 2.75) is 11.1 Å². The second-order valence-corrected chi connectivity index (χ2v) is 8.17. The number of ether oxygens (including phenoxy) is 1. The van der Waals surface area contributed by atoms with Gasteiger partial charge in [-0.25, -0.2) is 8.42 Å². The first-order chi connectivity index (χ1) is 14.0. The van der Waals surface area contributed by atoms with Crippen molar-refractivity contribution in [1.29, 1.82) is 5.26 Å². The van der Waals surface area contributed by atoms with Crippen molar-refractivity contribution in [3.8, 4) is 11.8 Å².